The average Bonchev–Trinajstić information content (AvgIpc) is 3.67. The summed E-state index contributed by atoms with van der Waals surface area (Å²) in [5.41, 5.74) is 3.71. The molecule has 9 nitrogen and oxygen atoms in total. The fraction of sp³-hybridized carbons (Fsp3) is 0.226. The van der Waals surface area contributed by atoms with Gasteiger partial charge >= 0.3 is 12.0 Å². The first kappa shape index (κ1) is 25.3. The van der Waals surface area contributed by atoms with E-state index in [0.717, 1.165) is 32.6 Å². The molecule has 2 fully saturated rings. The number of aliphatic carboxylic acids is 1. The lowest BCUT2D eigenvalue weighted by Crippen LogP contribution is -2.44. The number of hydrogen-bond donors (Lipinski definition) is 2. The van der Waals surface area contributed by atoms with Gasteiger partial charge in [-0.3, -0.25) is 14.5 Å². The van der Waals surface area contributed by atoms with E-state index >= 15 is 0 Å². The first-order valence-corrected chi connectivity index (χ1v) is 13.9. The number of halogens is 1. The molecule has 2 N–H and O–H groups in total. The Hall–Kier alpha value is -4.63. The van der Waals surface area contributed by atoms with Crippen LogP contribution in [-0.2, 0) is 16.0 Å². The summed E-state index contributed by atoms with van der Waals surface area (Å²) in [5, 5.41) is 11.1. The normalized spacial score (nSPS) is 21.9. The maximum atomic E-state index is 14.3. The van der Waals surface area contributed by atoms with Crippen molar-refractivity contribution in [3.63, 3.8) is 0 Å². The van der Waals surface area contributed by atoms with Crippen molar-refractivity contribution >= 4 is 52.0 Å². The zero-order chi connectivity index (χ0) is 28.4. The molecule has 0 unspecified atom stereocenters. The van der Waals surface area contributed by atoms with E-state index in [1.807, 2.05) is 36.4 Å². The van der Waals surface area contributed by atoms with Crippen molar-refractivity contribution in [2.24, 2.45) is 0 Å². The number of nitrogens with one attached hydrogen (secondary N) is 1. The summed E-state index contributed by atoms with van der Waals surface area (Å²) in [7, 11) is 0. The molecule has 0 aliphatic carbocycles. The highest BCUT2D eigenvalue weighted by Crippen LogP contribution is 2.45. The van der Waals surface area contributed by atoms with Crippen LogP contribution in [0, 0.1) is 0 Å². The first-order valence-electron chi connectivity index (χ1n) is 13.5. The van der Waals surface area contributed by atoms with Crippen LogP contribution in [0.25, 0.3) is 10.9 Å². The van der Waals surface area contributed by atoms with Gasteiger partial charge < -0.3 is 15.0 Å². The number of imide groups is 1. The number of amides is 4. The number of benzene rings is 3. The minimum atomic E-state index is -1.07. The third kappa shape index (κ3) is 3.83. The summed E-state index contributed by atoms with van der Waals surface area (Å²) in [6.07, 6.45) is 1.23. The van der Waals surface area contributed by atoms with Crippen LogP contribution in [0.4, 0.5) is 10.5 Å². The van der Waals surface area contributed by atoms with Gasteiger partial charge in [-0.1, -0.05) is 54.1 Å². The van der Waals surface area contributed by atoms with Crippen LogP contribution >= 0.6 is 11.6 Å². The molecule has 3 aromatic carbocycles. The van der Waals surface area contributed by atoms with Gasteiger partial charge in [-0.15, -0.1) is 0 Å². The molecule has 41 heavy (non-hydrogen) atoms. The molecule has 206 valence electrons. The number of carbonyl (C=O) groups is 4. The fourth-order valence-electron chi connectivity index (χ4n) is 6.59. The molecule has 4 aromatic rings. The van der Waals surface area contributed by atoms with Crippen LogP contribution in [-0.4, -0.2) is 62.3 Å². The van der Waals surface area contributed by atoms with E-state index in [2.05, 4.69) is 4.98 Å². The highest BCUT2D eigenvalue weighted by molar-refractivity contribution is 6.30. The second-order valence-corrected chi connectivity index (χ2v) is 11.1. The molecule has 0 bridgehead atoms. The predicted molar refractivity (Wildman–Crippen MR) is 152 cm³/mol. The monoisotopic (exact) mass is 568 g/mol. The molecule has 3 aliphatic rings. The number of anilines is 1. The van der Waals surface area contributed by atoms with E-state index in [1.165, 1.54) is 11.0 Å². The molecular weight excluding hydrogens is 544 g/mol. The van der Waals surface area contributed by atoms with Crippen molar-refractivity contribution in [3.05, 3.63) is 100 Å². The largest absolute Gasteiger partial charge is 0.480 e. The summed E-state index contributed by atoms with van der Waals surface area (Å²) in [5.74, 6) is -2.02. The summed E-state index contributed by atoms with van der Waals surface area (Å²) in [6, 6.07) is 18.6. The van der Waals surface area contributed by atoms with E-state index in [-0.39, 0.29) is 11.3 Å². The zero-order valence-electron chi connectivity index (χ0n) is 21.8. The van der Waals surface area contributed by atoms with Crippen molar-refractivity contribution in [2.45, 2.75) is 37.4 Å². The van der Waals surface area contributed by atoms with Gasteiger partial charge in [-0.2, -0.15) is 0 Å². The minimum Gasteiger partial charge on any atom is -0.480 e. The number of fused-ring (bicyclic) bond motifs is 4. The number of carboxylic acids is 1. The molecule has 0 saturated carbocycles. The number of aromatic nitrogens is 1. The van der Waals surface area contributed by atoms with Crippen LogP contribution in [0.1, 0.15) is 46.1 Å². The molecule has 0 radical (unpaired) electrons. The summed E-state index contributed by atoms with van der Waals surface area (Å²) < 4.78 is 0. The van der Waals surface area contributed by atoms with Crippen molar-refractivity contribution in [3.8, 4) is 0 Å². The summed E-state index contributed by atoms with van der Waals surface area (Å²) in [6.45, 7) is 0.291. The number of hydrogen-bond acceptors (Lipinski definition) is 4. The number of likely N-dealkylation sites (tertiary alicyclic amines) is 1. The zero-order valence-corrected chi connectivity index (χ0v) is 22.5. The molecule has 4 amide bonds. The standard InChI is InChI=1S/C31H25ClN4O5/c32-18-8-5-7-17(15-18)27-26-21(19-9-1-3-11-22(19)33-26)16-25-29(38)36(31(41)35(25)27)23-12-4-2-10-20(23)28(37)34-14-6-13-24(34)30(39)40/h1-5,7-12,15,24-25,27,33H,6,13-14,16H2,(H,39,40)/t24-,25-,27+/m0/s1. The molecule has 3 aliphatic heterocycles. The average molecular weight is 569 g/mol. The molecule has 3 atom stereocenters. The molecule has 7 rings (SSSR count). The van der Waals surface area contributed by atoms with Gasteiger partial charge in [0.05, 0.1) is 11.3 Å². The SMILES string of the molecule is O=C(O)[C@@H]1CCCN1C(=O)c1ccccc1N1C(=O)[C@@H]2Cc3c([nH]c4ccccc34)[C@@H](c3cccc(Cl)c3)N2C1=O. The number of para-hydroxylation sites is 2. The van der Waals surface area contributed by atoms with Gasteiger partial charge in [0.2, 0.25) is 0 Å². The van der Waals surface area contributed by atoms with Gasteiger partial charge in [0, 0.05) is 34.6 Å². The van der Waals surface area contributed by atoms with Gasteiger partial charge in [0.25, 0.3) is 11.8 Å². The maximum Gasteiger partial charge on any atom is 0.332 e. The minimum absolute atomic E-state index is 0.116. The van der Waals surface area contributed by atoms with Crippen LogP contribution in [0.2, 0.25) is 5.02 Å². The predicted octanol–water partition coefficient (Wildman–Crippen LogP) is 4.99. The number of urea groups is 1. The third-order valence-electron chi connectivity index (χ3n) is 8.39. The van der Waals surface area contributed by atoms with E-state index in [1.54, 1.807) is 35.2 Å². The Morgan fingerprint density at radius 3 is 2.56 bits per heavy atom. The highest BCUT2D eigenvalue weighted by atomic mass is 35.5. The number of carbonyl (C=O) groups excluding carboxylic acids is 3. The van der Waals surface area contributed by atoms with E-state index < -0.39 is 41.9 Å². The van der Waals surface area contributed by atoms with Gasteiger partial charge in [-0.25, -0.2) is 14.5 Å². The lowest BCUT2D eigenvalue weighted by molar-refractivity contribution is -0.141. The smallest absolute Gasteiger partial charge is 0.332 e. The van der Waals surface area contributed by atoms with Gasteiger partial charge in [0.15, 0.2) is 0 Å². The number of rotatable bonds is 4. The van der Waals surface area contributed by atoms with Crippen molar-refractivity contribution < 1.29 is 24.3 Å². The van der Waals surface area contributed by atoms with Crippen LogP contribution in [0.5, 0.6) is 0 Å². The van der Waals surface area contributed by atoms with E-state index in [4.69, 9.17) is 11.6 Å². The molecule has 10 heteroatoms. The van der Waals surface area contributed by atoms with E-state index in [9.17, 15) is 24.3 Å². The Morgan fingerprint density at radius 1 is 0.976 bits per heavy atom. The summed E-state index contributed by atoms with van der Waals surface area (Å²) >= 11 is 6.38. The Kier molecular flexibility index (Phi) is 5.86. The fourth-order valence-corrected chi connectivity index (χ4v) is 6.79. The third-order valence-corrected chi connectivity index (χ3v) is 8.62. The van der Waals surface area contributed by atoms with Gasteiger partial charge in [-0.05, 0) is 54.3 Å². The Morgan fingerprint density at radius 2 is 1.76 bits per heavy atom. The van der Waals surface area contributed by atoms with Crippen LogP contribution in [0.3, 0.4) is 0 Å². The lowest BCUT2D eigenvalue weighted by Gasteiger charge is -2.36. The quantitative estimate of drug-likeness (QED) is 0.337. The van der Waals surface area contributed by atoms with Crippen molar-refractivity contribution in [1.82, 2.24) is 14.8 Å². The van der Waals surface area contributed by atoms with Crippen LogP contribution < -0.4 is 4.90 Å². The highest BCUT2D eigenvalue weighted by Gasteiger charge is 2.54. The topological polar surface area (TPSA) is 114 Å². The second-order valence-electron chi connectivity index (χ2n) is 10.6. The van der Waals surface area contributed by atoms with Crippen molar-refractivity contribution in [1.29, 1.82) is 0 Å². The number of carboxylic acid groups (broad SMARTS) is 1. The molecule has 2 saturated heterocycles. The van der Waals surface area contributed by atoms with E-state index in [0.29, 0.717) is 30.8 Å². The molecule has 4 heterocycles. The molecule has 1 aromatic heterocycles. The van der Waals surface area contributed by atoms with Crippen LogP contribution in [0.15, 0.2) is 72.8 Å². The Bertz CT molecular complexity index is 1770. The molecular formula is C31H25ClN4O5. The van der Waals surface area contributed by atoms with Gasteiger partial charge in [0.1, 0.15) is 18.1 Å². The number of H-pyrrole nitrogens is 1. The summed E-state index contributed by atoms with van der Waals surface area (Å²) in [4.78, 5) is 61.3. The van der Waals surface area contributed by atoms with Crippen molar-refractivity contribution in [2.75, 3.05) is 11.4 Å². The Labute approximate surface area is 239 Å². The molecule has 0 spiro atoms. The number of nitrogens with zero attached hydrogens (tertiary/aromatic N) is 3. The second kappa shape index (κ2) is 9.49. The first-order chi connectivity index (χ1) is 19.8. The number of aromatic amines is 1. The maximum absolute atomic E-state index is 14.3. The Balaban J connectivity index is 1.34. The lowest BCUT2D eigenvalue weighted by atomic mass is 9.89.